The number of carbonyl (C=O) groups excluding carboxylic acids is 1. The number of hydrogen-bond donors (Lipinski definition) is 1. The Bertz CT molecular complexity index is 670. The molecule has 2 bridgehead atoms. The largest absolute Gasteiger partial charge is 0.373 e. The zero-order valence-electron chi connectivity index (χ0n) is 11.6. The first-order valence-electron chi connectivity index (χ1n) is 6.99. The molecule has 1 amide bonds. The van der Waals surface area contributed by atoms with Gasteiger partial charge in [-0.3, -0.25) is 4.79 Å². The highest BCUT2D eigenvalue weighted by Crippen LogP contribution is 2.34. The van der Waals surface area contributed by atoms with Gasteiger partial charge in [-0.2, -0.15) is 0 Å². The third-order valence-corrected chi connectivity index (χ3v) is 5.47. The van der Waals surface area contributed by atoms with Crippen molar-refractivity contribution in [1.82, 2.24) is 9.88 Å². The van der Waals surface area contributed by atoms with E-state index in [9.17, 15) is 13.2 Å². The quantitative estimate of drug-likeness (QED) is 0.847. The maximum absolute atomic E-state index is 12.4. The van der Waals surface area contributed by atoms with Crippen molar-refractivity contribution in [3.05, 3.63) is 18.0 Å². The molecule has 0 radical (unpaired) electrons. The summed E-state index contributed by atoms with van der Waals surface area (Å²) in [5.74, 6) is -0.287. The first kappa shape index (κ1) is 14.9. The number of aromatic nitrogens is 1. The molecular weight excluding hydrogens is 316 g/mol. The van der Waals surface area contributed by atoms with Gasteiger partial charge in [0.05, 0.1) is 18.2 Å². The summed E-state index contributed by atoms with van der Waals surface area (Å²) in [6.07, 6.45) is 4.55. The minimum atomic E-state index is -3.84. The average Bonchev–Trinajstić information content (AvgIpc) is 3.11. The molecule has 0 aliphatic carbocycles. The third-order valence-electron chi connectivity index (χ3n) is 4.15. The molecule has 21 heavy (non-hydrogen) atoms. The van der Waals surface area contributed by atoms with E-state index in [0.29, 0.717) is 12.2 Å². The lowest BCUT2D eigenvalue weighted by Crippen LogP contribution is -2.42. The number of fused-ring (bicyclic) bond motifs is 2. The van der Waals surface area contributed by atoms with E-state index in [1.54, 1.807) is 4.57 Å². The van der Waals surface area contributed by atoms with Crippen LogP contribution in [-0.2, 0) is 20.3 Å². The average molecular weight is 333 g/mol. The van der Waals surface area contributed by atoms with Crippen LogP contribution in [0.25, 0.3) is 0 Å². The van der Waals surface area contributed by atoms with Crippen LogP contribution < -0.4 is 5.32 Å². The van der Waals surface area contributed by atoms with Crippen LogP contribution in [0.2, 0.25) is 0 Å². The first-order valence-corrected chi connectivity index (χ1v) is 9.30. The van der Waals surface area contributed by atoms with Crippen molar-refractivity contribution in [2.24, 2.45) is 0 Å². The molecule has 3 heterocycles. The normalized spacial score (nSPS) is 28.0. The van der Waals surface area contributed by atoms with E-state index >= 15 is 0 Å². The molecule has 6 nitrogen and oxygen atoms in total. The lowest BCUT2D eigenvalue weighted by molar-refractivity contribution is 0.0834. The van der Waals surface area contributed by atoms with Gasteiger partial charge in [0.2, 0.25) is 0 Å². The van der Waals surface area contributed by atoms with E-state index in [-0.39, 0.29) is 29.1 Å². The number of ether oxygens (including phenoxy) is 1. The van der Waals surface area contributed by atoms with E-state index in [1.807, 2.05) is 6.92 Å². The van der Waals surface area contributed by atoms with Gasteiger partial charge in [-0.15, -0.1) is 0 Å². The fourth-order valence-electron chi connectivity index (χ4n) is 3.10. The highest BCUT2D eigenvalue weighted by atomic mass is 35.7. The van der Waals surface area contributed by atoms with Gasteiger partial charge >= 0.3 is 0 Å². The Kier molecular flexibility index (Phi) is 3.75. The lowest BCUT2D eigenvalue weighted by atomic mass is 9.95. The number of rotatable bonds is 4. The smallest absolute Gasteiger partial charge is 0.268 e. The predicted octanol–water partition coefficient (Wildman–Crippen LogP) is 1.49. The van der Waals surface area contributed by atoms with E-state index in [2.05, 4.69) is 5.32 Å². The lowest BCUT2D eigenvalue weighted by Gasteiger charge is -2.20. The Balaban J connectivity index is 1.79. The van der Waals surface area contributed by atoms with E-state index < -0.39 is 9.05 Å². The molecule has 3 atom stereocenters. The van der Waals surface area contributed by atoms with E-state index in [0.717, 1.165) is 19.3 Å². The van der Waals surface area contributed by atoms with Crippen LogP contribution in [0.15, 0.2) is 17.2 Å². The summed E-state index contributed by atoms with van der Waals surface area (Å²) in [6, 6.07) is 1.32. The molecule has 1 N–H and O–H groups in total. The van der Waals surface area contributed by atoms with E-state index in [4.69, 9.17) is 15.4 Å². The van der Waals surface area contributed by atoms with Gasteiger partial charge in [-0.05, 0) is 32.3 Å². The van der Waals surface area contributed by atoms with Gasteiger partial charge in [-0.1, -0.05) is 0 Å². The second-order valence-electron chi connectivity index (χ2n) is 5.47. The van der Waals surface area contributed by atoms with Crippen molar-refractivity contribution in [3.63, 3.8) is 0 Å². The van der Waals surface area contributed by atoms with Crippen LogP contribution in [0, 0.1) is 0 Å². The van der Waals surface area contributed by atoms with Gasteiger partial charge in [0.1, 0.15) is 10.6 Å². The highest BCUT2D eigenvalue weighted by molar-refractivity contribution is 8.13. The predicted molar refractivity (Wildman–Crippen MR) is 76.9 cm³/mol. The number of nitrogens with zero attached hydrogens (tertiary/aromatic N) is 1. The number of hydrogen-bond acceptors (Lipinski definition) is 4. The Morgan fingerprint density at radius 2 is 2.29 bits per heavy atom. The number of carbonyl (C=O) groups is 1. The van der Waals surface area contributed by atoms with Crippen LogP contribution in [-0.4, -0.2) is 37.1 Å². The van der Waals surface area contributed by atoms with Crippen LogP contribution in [0.5, 0.6) is 0 Å². The fraction of sp³-hybridized carbons (Fsp3) is 0.615. The summed E-state index contributed by atoms with van der Waals surface area (Å²) < 4.78 is 30.1. The van der Waals surface area contributed by atoms with Crippen LogP contribution in [0.3, 0.4) is 0 Å². The molecule has 116 valence electrons. The van der Waals surface area contributed by atoms with Crippen molar-refractivity contribution in [1.29, 1.82) is 0 Å². The van der Waals surface area contributed by atoms with Gasteiger partial charge in [0.25, 0.3) is 15.0 Å². The summed E-state index contributed by atoms with van der Waals surface area (Å²) in [5, 5.41) is 2.94. The van der Waals surface area contributed by atoms with Crippen molar-refractivity contribution >= 4 is 25.6 Å². The topological polar surface area (TPSA) is 77.4 Å². The van der Waals surface area contributed by atoms with Crippen LogP contribution >= 0.6 is 10.7 Å². The molecule has 2 saturated heterocycles. The SMILES string of the molecule is CCn1cc(S(=O)(=O)Cl)cc1C(=O)NC1CC2CCC1O2. The first-order chi connectivity index (χ1) is 9.88. The molecule has 2 fully saturated rings. The summed E-state index contributed by atoms with van der Waals surface area (Å²) in [4.78, 5) is 12.3. The molecule has 1 aromatic heterocycles. The number of nitrogens with one attached hydrogen (secondary N) is 1. The molecule has 0 aromatic carbocycles. The van der Waals surface area contributed by atoms with E-state index in [1.165, 1.54) is 12.3 Å². The summed E-state index contributed by atoms with van der Waals surface area (Å²) >= 11 is 0. The molecule has 8 heteroatoms. The molecule has 3 rings (SSSR count). The van der Waals surface area contributed by atoms with Crippen molar-refractivity contribution in [2.45, 2.75) is 55.9 Å². The second-order valence-corrected chi connectivity index (χ2v) is 8.04. The molecule has 2 aliphatic heterocycles. The van der Waals surface area contributed by atoms with Crippen molar-refractivity contribution in [2.75, 3.05) is 0 Å². The third kappa shape index (κ3) is 2.82. The summed E-state index contributed by atoms with van der Waals surface area (Å²) in [6.45, 7) is 2.32. The number of halogens is 1. The maximum Gasteiger partial charge on any atom is 0.268 e. The Morgan fingerprint density at radius 3 is 2.81 bits per heavy atom. The molecule has 1 aromatic rings. The zero-order chi connectivity index (χ0) is 15.2. The maximum atomic E-state index is 12.4. The summed E-state index contributed by atoms with van der Waals surface area (Å²) in [7, 11) is 1.50. The van der Waals surface area contributed by atoms with Gasteiger partial charge in [0, 0.05) is 23.4 Å². The molecule has 0 saturated carbocycles. The summed E-state index contributed by atoms with van der Waals surface area (Å²) in [5.41, 5.74) is 0.305. The monoisotopic (exact) mass is 332 g/mol. The van der Waals surface area contributed by atoms with Crippen molar-refractivity contribution in [3.8, 4) is 0 Å². The van der Waals surface area contributed by atoms with Gasteiger partial charge in [-0.25, -0.2) is 8.42 Å². The van der Waals surface area contributed by atoms with Gasteiger partial charge in [0.15, 0.2) is 0 Å². The number of amides is 1. The highest BCUT2D eigenvalue weighted by Gasteiger charge is 2.41. The van der Waals surface area contributed by atoms with Gasteiger partial charge < -0.3 is 14.6 Å². The Morgan fingerprint density at radius 1 is 1.52 bits per heavy atom. The minimum absolute atomic E-state index is 0.00696. The molecule has 2 aliphatic rings. The number of aryl methyl sites for hydroxylation is 1. The zero-order valence-corrected chi connectivity index (χ0v) is 13.2. The minimum Gasteiger partial charge on any atom is -0.373 e. The Labute approximate surface area is 127 Å². The van der Waals surface area contributed by atoms with Crippen LogP contribution in [0.4, 0.5) is 0 Å². The van der Waals surface area contributed by atoms with Crippen LogP contribution in [0.1, 0.15) is 36.7 Å². The van der Waals surface area contributed by atoms with Crippen molar-refractivity contribution < 1.29 is 17.9 Å². The Hall–Kier alpha value is -1.05. The fourth-order valence-corrected chi connectivity index (χ4v) is 3.86. The molecular formula is C13H17ClN2O4S. The molecule has 0 spiro atoms. The standard InChI is InChI=1S/C13H17ClN2O4S/c1-2-16-7-9(21(14,18)19)6-11(16)13(17)15-10-5-8-3-4-12(10)20-8/h6-8,10,12H,2-5H2,1H3,(H,15,17). The second kappa shape index (κ2) is 5.30. The molecule has 3 unspecified atom stereocenters.